The molecule has 1 amide bonds. The van der Waals surface area contributed by atoms with Crippen LogP contribution in [0.5, 0.6) is 5.75 Å². The first-order valence-electron chi connectivity index (χ1n) is 9.06. The molecule has 1 aromatic carbocycles. The van der Waals surface area contributed by atoms with Crippen LogP contribution in [0.15, 0.2) is 41.5 Å². The Balaban J connectivity index is 1.66. The number of benzene rings is 1. The zero-order chi connectivity index (χ0) is 23.5. The number of carbonyl (C=O) groups excluding carboxylic acids is 1. The summed E-state index contributed by atoms with van der Waals surface area (Å²) in [5.41, 5.74) is 5.74. The minimum atomic E-state index is -5.75. The smallest absolute Gasteiger partial charge is 0.456 e. The van der Waals surface area contributed by atoms with Crippen LogP contribution in [0.25, 0.3) is 0 Å². The van der Waals surface area contributed by atoms with Crippen LogP contribution in [0, 0.1) is 5.82 Å². The summed E-state index contributed by atoms with van der Waals surface area (Å²) in [5, 5.41) is 2.48. The van der Waals surface area contributed by atoms with E-state index >= 15 is 0 Å². The van der Waals surface area contributed by atoms with Gasteiger partial charge in [0.05, 0.1) is 18.8 Å². The number of nitrogens with zero attached hydrogens (tertiary/aromatic N) is 2. The third-order valence-corrected chi connectivity index (χ3v) is 4.34. The standard InChI is InChI=1S/C19H16F6N4O3/c20-13-3-1-10(7-12(13)14-5-6-31-17(26)29-14)28-16(30)15-4-2-11(8-27-15)32-9-18(21,22)19(23,24)25/h1-4,7-8,14H,5-6,9H2,(H2,26,29)(H,28,30). The third-order valence-electron chi connectivity index (χ3n) is 4.34. The first-order chi connectivity index (χ1) is 15.0. The second-order valence-corrected chi connectivity index (χ2v) is 6.68. The van der Waals surface area contributed by atoms with E-state index in [1.54, 1.807) is 0 Å². The lowest BCUT2D eigenvalue weighted by molar-refractivity contribution is -0.290. The third kappa shape index (κ3) is 5.39. The first-order valence-corrected chi connectivity index (χ1v) is 9.06. The molecule has 7 nitrogen and oxygen atoms in total. The van der Waals surface area contributed by atoms with E-state index in [0.29, 0.717) is 6.42 Å². The Morgan fingerprint density at radius 2 is 1.97 bits per heavy atom. The van der Waals surface area contributed by atoms with E-state index in [9.17, 15) is 31.1 Å². The average molecular weight is 462 g/mol. The lowest BCUT2D eigenvalue weighted by Crippen LogP contribution is -2.41. The monoisotopic (exact) mass is 462 g/mol. The fraction of sp³-hybridized carbons (Fsp3) is 0.316. The van der Waals surface area contributed by atoms with Gasteiger partial charge in [0, 0.05) is 17.7 Å². The quantitative estimate of drug-likeness (QED) is 0.636. The van der Waals surface area contributed by atoms with Crippen molar-refractivity contribution in [3.63, 3.8) is 0 Å². The highest BCUT2D eigenvalue weighted by Crippen LogP contribution is 2.35. The van der Waals surface area contributed by atoms with E-state index in [2.05, 4.69) is 20.0 Å². The van der Waals surface area contributed by atoms with Crippen LogP contribution in [-0.2, 0) is 4.74 Å². The number of nitrogens with two attached hydrogens (primary N) is 1. The summed E-state index contributed by atoms with van der Waals surface area (Å²) in [4.78, 5) is 20.1. The Kier molecular flexibility index (Phi) is 6.46. The van der Waals surface area contributed by atoms with Crippen LogP contribution in [0.1, 0.15) is 28.5 Å². The largest absolute Gasteiger partial charge is 0.485 e. The van der Waals surface area contributed by atoms with Gasteiger partial charge in [0.15, 0.2) is 6.61 Å². The topological polar surface area (TPSA) is 98.8 Å². The maximum absolute atomic E-state index is 14.2. The molecule has 3 rings (SSSR count). The summed E-state index contributed by atoms with van der Waals surface area (Å²) in [5.74, 6) is -6.71. The summed E-state index contributed by atoms with van der Waals surface area (Å²) in [6.07, 6.45) is -4.54. The van der Waals surface area contributed by atoms with Crippen molar-refractivity contribution in [3.05, 3.63) is 53.6 Å². The predicted octanol–water partition coefficient (Wildman–Crippen LogP) is 3.83. The van der Waals surface area contributed by atoms with Crippen LogP contribution >= 0.6 is 0 Å². The molecule has 0 radical (unpaired) electrons. The second kappa shape index (κ2) is 8.93. The molecule has 0 saturated heterocycles. The van der Waals surface area contributed by atoms with Gasteiger partial charge in [-0.2, -0.15) is 22.0 Å². The van der Waals surface area contributed by atoms with E-state index in [4.69, 9.17) is 10.5 Å². The Labute approximate surface area is 177 Å². The number of anilines is 1. The van der Waals surface area contributed by atoms with Crippen molar-refractivity contribution >= 4 is 17.6 Å². The molecule has 1 atom stereocenters. The van der Waals surface area contributed by atoms with Crippen LogP contribution in [-0.4, -0.2) is 42.2 Å². The van der Waals surface area contributed by atoms with Crippen LogP contribution in [0.2, 0.25) is 0 Å². The second-order valence-electron chi connectivity index (χ2n) is 6.68. The molecule has 172 valence electrons. The van der Waals surface area contributed by atoms with Gasteiger partial charge in [-0.1, -0.05) is 0 Å². The minimum Gasteiger partial charge on any atom is -0.485 e. The number of hydrogen-bond donors (Lipinski definition) is 2. The molecule has 2 aromatic rings. The van der Waals surface area contributed by atoms with Gasteiger partial charge in [-0.3, -0.25) is 4.79 Å². The molecule has 0 aliphatic carbocycles. The molecule has 0 fully saturated rings. The summed E-state index contributed by atoms with van der Waals surface area (Å²) in [7, 11) is 0. The zero-order valence-corrected chi connectivity index (χ0v) is 16.1. The highest BCUT2D eigenvalue weighted by molar-refractivity contribution is 6.02. The maximum atomic E-state index is 14.2. The number of alkyl halides is 5. The molecular formula is C19H16F6N4O3. The molecule has 1 unspecified atom stereocenters. The van der Waals surface area contributed by atoms with Crippen molar-refractivity contribution in [3.8, 4) is 5.75 Å². The number of aromatic nitrogens is 1. The summed E-state index contributed by atoms with van der Waals surface area (Å²) in [6.45, 7) is -1.68. The lowest BCUT2D eigenvalue weighted by atomic mass is 10.0. The molecule has 1 aliphatic heterocycles. The number of aliphatic imine (C=N–C) groups is 1. The van der Waals surface area contributed by atoms with Gasteiger partial charge in [-0.05, 0) is 30.3 Å². The van der Waals surface area contributed by atoms with E-state index in [-0.39, 0.29) is 35.3 Å². The summed E-state index contributed by atoms with van der Waals surface area (Å²) >= 11 is 0. The van der Waals surface area contributed by atoms with E-state index in [0.717, 1.165) is 24.4 Å². The van der Waals surface area contributed by atoms with Gasteiger partial charge in [0.25, 0.3) is 11.9 Å². The van der Waals surface area contributed by atoms with Crippen molar-refractivity contribution in [2.24, 2.45) is 10.7 Å². The fourth-order valence-corrected chi connectivity index (χ4v) is 2.68. The van der Waals surface area contributed by atoms with Crippen molar-refractivity contribution < 1.29 is 40.6 Å². The molecule has 0 saturated carbocycles. The van der Waals surface area contributed by atoms with E-state index < -0.39 is 36.5 Å². The number of nitrogens with one attached hydrogen (secondary N) is 1. The number of hydrogen-bond acceptors (Lipinski definition) is 6. The number of rotatable bonds is 6. The highest BCUT2D eigenvalue weighted by Gasteiger charge is 2.58. The normalized spacial score (nSPS) is 16.7. The molecular weight excluding hydrogens is 446 g/mol. The summed E-state index contributed by atoms with van der Waals surface area (Å²) < 4.78 is 85.9. The Morgan fingerprint density at radius 1 is 1.22 bits per heavy atom. The van der Waals surface area contributed by atoms with Crippen LogP contribution in [0.3, 0.4) is 0 Å². The number of amides is 1. The maximum Gasteiger partial charge on any atom is 0.456 e. The molecule has 1 aliphatic rings. The zero-order valence-electron chi connectivity index (χ0n) is 16.1. The highest BCUT2D eigenvalue weighted by atomic mass is 19.4. The van der Waals surface area contributed by atoms with Crippen molar-refractivity contribution in [1.82, 2.24) is 4.98 Å². The molecule has 2 heterocycles. The number of pyridine rings is 1. The molecule has 13 heteroatoms. The fourth-order valence-electron chi connectivity index (χ4n) is 2.68. The van der Waals surface area contributed by atoms with E-state index in [1.807, 2.05) is 0 Å². The number of carbonyl (C=O) groups is 1. The Hall–Kier alpha value is -3.51. The number of amidine groups is 1. The van der Waals surface area contributed by atoms with Gasteiger partial charge in [0.2, 0.25) is 0 Å². The minimum absolute atomic E-state index is 0.0745. The predicted molar refractivity (Wildman–Crippen MR) is 100 cm³/mol. The first kappa shape index (κ1) is 23.2. The van der Waals surface area contributed by atoms with Crippen LogP contribution < -0.4 is 15.8 Å². The molecule has 3 N–H and O–H groups in total. The van der Waals surface area contributed by atoms with E-state index in [1.165, 1.54) is 12.1 Å². The molecule has 1 aromatic heterocycles. The van der Waals surface area contributed by atoms with Crippen molar-refractivity contribution in [2.45, 2.75) is 24.6 Å². The Bertz CT molecular complexity index is 1010. The SMILES string of the molecule is NC1=NC(c2cc(NC(=O)c3ccc(OCC(F)(F)C(F)(F)F)cn3)ccc2F)CCO1. The number of ether oxygens (including phenoxy) is 2. The van der Waals surface area contributed by atoms with Gasteiger partial charge in [-0.15, -0.1) is 0 Å². The van der Waals surface area contributed by atoms with Gasteiger partial charge < -0.3 is 20.5 Å². The molecule has 0 spiro atoms. The van der Waals surface area contributed by atoms with Crippen molar-refractivity contribution in [2.75, 3.05) is 18.5 Å². The Morgan fingerprint density at radius 3 is 2.59 bits per heavy atom. The summed E-state index contributed by atoms with van der Waals surface area (Å²) in [6, 6.07) is 5.24. The molecule has 32 heavy (non-hydrogen) atoms. The molecule has 0 bridgehead atoms. The van der Waals surface area contributed by atoms with Crippen molar-refractivity contribution in [1.29, 1.82) is 0 Å². The van der Waals surface area contributed by atoms with Crippen LogP contribution in [0.4, 0.5) is 32.0 Å². The van der Waals surface area contributed by atoms with Gasteiger partial charge >= 0.3 is 12.1 Å². The lowest BCUT2D eigenvalue weighted by Gasteiger charge is -2.20. The van der Waals surface area contributed by atoms with Gasteiger partial charge in [-0.25, -0.2) is 14.4 Å². The number of halogens is 6. The average Bonchev–Trinajstić information content (AvgIpc) is 2.73. The van der Waals surface area contributed by atoms with Gasteiger partial charge in [0.1, 0.15) is 17.3 Å².